The molecule has 1 aromatic heterocycles. The van der Waals surface area contributed by atoms with Crippen molar-refractivity contribution in [3.63, 3.8) is 0 Å². The highest BCUT2D eigenvalue weighted by Crippen LogP contribution is 2.31. The third-order valence-corrected chi connectivity index (χ3v) is 4.17. The molecule has 2 aromatic carbocycles. The van der Waals surface area contributed by atoms with Crippen LogP contribution < -0.4 is 15.2 Å². The van der Waals surface area contributed by atoms with Gasteiger partial charge < -0.3 is 19.7 Å². The van der Waals surface area contributed by atoms with E-state index in [9.17, 15) is 0 Å². The molecule has 3 aromatic rings. The van der Waals surface area contributed by atoms with Crippen molar-refractivity contribution >= 4 is 12.4 Å². The van der Waals surface area contributed by atoms with Crippen molar-refractivity contribution in [2.75, 3.05) is 27.3 Å². The van der Waals surface area contributed by atoms with E-state index in [1.54, 1.807) is 20.3 Å². The average Bonchev–Trinajstić information content (AvgIpc) is 3.16. The van der Waals surface area contributed by atoms with Gasteiger partial charge in [-0.2, -0.15) is 4.98 Å². The second-order valence-electron chi connectivity index (χ2n) is 6.06. The third-order valence-electron chi connectivity index (χ3n) is 4.17. The first-order chi connectivity index (χ1) is 13.2. The van der Waals surface area contributed by atoms with Crippen molar-refractivity contribution in [3.05, 3.63) is 60.0 Å². The number of benzene rings is 2. The minimum Gasteiger partial charge on any atom is -0.497 e. The molecule has 28 heavy (non-hydrogen) atoms. The molecule has 7 nitrogen and oxygen atoms in total. The summed E-state index contributed by atoms with van der Waals surface area (Å²) in [6, 6.07) is 15.7. The highest BCUT2D eigenvalue weighted by atomic mass is 35.5. The Morgan fingerprint density at radius 1 is 1.04 bits per heavy atom. The van der Waals surface area contributed by atoms with Crippen LogP contribution in [0.25, 0.3) is 11.4 Å². The van der Waals surface area contributed by atoms with E-state index in [-0.39, 0.29) is 12.4 Å². The van der Waals surface area contributed by atoms with Gasteiger partial charge in [-0.1, -0.05) is 35.5 Å². The minimum atomic E-state index is 0. The quantitative estimate of drug-likeness (QED) is 0.586. The van der Waals surface area contributed by atoms with Crippen LogP contribution in [0.3, 0.4) is 0 Å². The molecule has 8 heteroatoms. The molecule has 0 saturated carbocycles. The number of aromatic nitrogens is 2. The number of ether oxygens (including phenoxy) is 2. The van der Waals surface area contributed by atoms with Crippen LogP contribution in [0, 0.1) is 0 Å². The lowest BCUT2D eigenvalue weighted by atomic mass is 10.2. The summed E-state index contributed by atoms with van der Waals surface area (Å²) in [7, 11) is 3.21. The summed E-state index contributed by atoms with van der Waals surface area (Å²) in [5.74, 6) is 2.35. The molecule has 0 saturated heterocycles. The number of hydrogen-bond donors (Lipinski definition) is 1. The van der Waals surface area contributed by atoms with Crippen LogP contribution in [0.1, 0.15) is 11.5 Å². The van der Waals surface area contributed by atoms with Gasteiger partial charge in [0.15, 0.2) is 0 Å². The molecule has 3 rings (SSSR count). The first-order valence-electron chi connectivity index (χ1n) is 8.75. The van der Waals surface area contributed by atoms with E-state index in [2.05, 4.69) is 27.2 Å². The summed E-state index contributed by atoms with van der Waals surface area (Å²) < 4.78 is 16.1. The van der Waals surface area contributed by atoms with E-state index in [4.69, 9.17) is 19.7 Å². The predicted octanol–water partition coefficient (Wildman–Crippen LogP) is 3.14. The SMILES string of the molecule is COc1ccc(-c2noc(CN(CCN)Cc3ccccc3)n2)c(OC)c1.Cl. The fraction of sp³-hybridized carbons (Fsp3) is 0.300. The second kappa shape index (κ2) is 10.7. The van der Waals surface area contributed by atoms with Gasteiger partial charge in [0.2, 0.25) is 11.7 Å². The predicted molar refractivity (Wildman–Crippen MR) is 110 cm³/mol. The fourth-order valence-corrected chi connectivity index (χ4v) is 2.84. The summed E-state index contributed by atoms with van der Waals surface area (Å²) >= 11 is 0. The Bertz CT molecular complexity index is 858. The molecule has 0 unspecified atom stereocenters. The molecule has 0 aliphatic carbocycles. The summed E-state index contributed by atoms with van der Waals surface area (Å²) in [6.07, 6.45) is 0. The first kappa shape index (κ1) is 21.7. The molecule has 0 radical (unpaired) electrons. The Kier molecular flexibility index (Phi) is 8.25. The summed E-state index contributed by atoms with van der Waals surface area (Å²) in [6.45, 7) is 2.58. The Morgan fingerprint density at radius 2 is 1.82 bits per heavy atom. The van der Waals surface area contributed by atoms with Gasteiger partial charge in [-0.05, 0) is 17.7 Å². The lowest BCUT2D eigenvalue weighted by molar-refractivity contribution is 0.224. The molecule has 0 fully saturated rings. The largest absolute Gasteiger partial charge is 0.497 e. The van der Waals surface area contributed by atoms with Crippen LogP contribution in [-0.4, -0.2) is 42.3 Å². The number of halogens is 1. The van der Waals surface area contributed by atoms with Crippen molar-refractivity contribution < 1.29 is 14.0 Å². The Labute approximate surface area is 170 Å². The van der Waals surface area contributed by atoms with Gasteiger partial charge in [0.05, 0.1) is 26.3 Å². The van der Waals surface area contributed by atoms with Gasteiger partial charge in [-0.25, -0.2) is 0 Å². The van der Waals surface area contributed by atoms with E-state index < -0.39 is 0 Å². The van der Waals surface area contributed by atoms with Crippen LogP contribution in [0.5, 0.6) is 11.5 Å². The molecule has 150 valence electrons. The summed E-state index contributed by atoms with van der Waals surface area (Å²) in [5.41, 5.74) is 7.72. The van der Waals surface area contributed by atoms with Crippen molar-refractivity contribution in [2.45, 2.75) is 13.1 Å². The molecule has 1 heterocycles. The van der Waals surface area contributed by atoms with Gasteiger partial charge in [-0.3, -0.25) is 4.90 Å². The maximum Gasteiger partial charge on any atom is 0.241 e. The van der Waals surface area contributed by atoms with Crippen LogP contribution >= 0.6 is 12.4 Å². The van der Waals surface area contributed by atoms with Crippen molar-refractivity contribution in [3.8, 4) is 22.9 Å². The van der Waals surface area contributed by atoms with E-state index >= 15 is 0 Å². The molecule has 0 aliphatic rings. The molecule has 0 aliphatic heterocycles. The molecule has 0 spiro atoms. The van der Waals surface area contributed by atoms with Crippen LogP contribution in [0.4, 0.5) is 0 Å². The van der Waals surface area contributed by atoms with Gasteiger partial charge in [-0.15, -0.1) is 12.4 Å². The standard InChI is InChI=1S/C20H24N4O3.ClH/c1-25-16-8-9-17(18(12-16)26-2)20-22-19(27-23-20)14-24(11-10-21)13-15-6-4-3-5-7-15;/h3-9,12H,10-11,13-14,21H2,1-2H3;1H. The molecule has 0 amide bonds. The zero-order chi connectivity index (χ0) is 19.1. The zero-order valence-corrected chi connectivity index (χ0v) is 16.8. The van der Waals surface area contributed by atoms with Gasteiger partial charge in [0, 0.05) is 25.7 Å². The fourth-order valence-electron chi connectivity index (χ4n) is 2.84. The normalized spacial score (nSPS) is 10.6. The smallest absolute Gasteiger partial charge is 0.241 e. The van der Waals surface area contributed by atoms with Gasteiger partial charge in [0.25, 0.3) is 0 Å². The van der Waals surface area contributed by atoms with E-state index in [0.717, 1.165) is 18.7 Å². The third kappa shape index (κ3) is 5.45. The van der Waals surface area contributed by atoms with Crippen LogP contribution in [-0.2, 0) is 13.1 Å². The van der Waals surface area contributed by atoms with Crippen molar-refractivity contribution in [2.24, 2.45) is 5.73 Å². The van der Waals surface area contributed by atoms with E-state index in [1.165, 1.54) is 5.56 Å². The first-order valence-corrected chi connectivity index (χ1v) is 8.75. The molecule has 0 atom stereocenters. The van der Waals surface area contributed by atoms with Crippen molar-refractivity contribution in [1.82, 2.24) is 15.0 Å². The molecular formula is C20H25ClN4O3. The highest BCUT2D eigenvalue weighted by molar-refractivity contribution is 5.85. The van der Waals surface area contributed by atoms with Crippen molar-refractivity contribution in [1.29, 1.82) is 0 Å². The van der Waals surface area contributed by atoms with Crippen LogP contribution in [0.15, 0.2) is 53.1 Å². The maximum atomic E-state index is 5.76. The summed E-state index contributed by atoms with van der Waals surface area (Å²) in [4.78, 5) is 6.71. The van der Waals surface area contributed by atoms with Gasteiger partial charge in [0.1, 0.15) is 11.5 Å². The monoisotopic (exact) mass is 404 g/mol. The maximum absolute atomic E-state index is 5.76. The zero-order valence-electron chi connectivity index (χ0n) is 16.0. The lowest BCUT2D eigenvalue weighted by Crippen LogP contribution is -2.28. The molecular weight excluding hydrogens is 380 g/mol. The minimum absolute atomic E-state index is 0. The van der Waals surface area contributed by atoms with Gasteiger partial charge >= 0.3 is 0 Å². The summed E-state index contributed by atoms with van der Waals surface area (Å²) in [5, 5.41) is 4.11. The molecule has 0 bridgehead atoms. The Morgan fingerprint density at radius 3 is 2.50 bits per heavy atom. The topological polar surface area (TPSA) is 86.6 Å². The number of nitrogens with two attached hydrogens (primary N) is 1. The molecule has 2 N–H and O–H groups in total. The lowest BCUT2D eigenvalue weighted by Gasteiger charge is -2.19. The van der Waals surface area contributed by atoms with E-state index in [0.29, 0.717) is 36.3 Å². The number of methoxy groups -OCH3 is 2. The van der Waals surface area contributed by atoms with E-state index in [1.807, 2.05) is 30.3 Å². The Hall–Kier alpha value is -2.61. The number of hydrogen-bond acceptors (Lipinski definition) is 7. The average molecular weight is 405 g/mol. The highest BCUT2D eigenvalue weighted by Gasteiger charge is 2.16. The number of nitrogens with zero attached hydrogens (tertiary/aromatic N) is 3. The number of rotatable bonds is 9. The Balaban J connectivity index is 0.00000280. The van der Waals surface area contributed by atoms with Crippen LogP contribution in [0.2, 0.25) is 0 Å². The second-order valence-corrected chi connectivity index (χ2v) is 6.06.